The molecular weight excluding hydrogens is 300 g/mol. The molecule has 0 fully saturated rings. The maximum Gasteiger partial charge on any atom is 0.332 e. The molecule has 1 aromatic heterocycles. The fourth-order valence-corrected chi connectivity index (χ4v) is 1.63. The number of nitrogens with zero attached hydrogens (tertiary/aromatic N) is 4. The quantitative estimate of drug-likeness (QED) is 0.809. The number of benzene rings is 1. The lowest BCUT2D eigenvalue weighted by Gasteiger charge is -2.05. The molecule has 1 atom stereocenters. The Labute approximate surface area is 112 Å². The Kier molecular flexibility index (Phi) is 3.71. The highest BCUT2D eigenvalue weighted by Gasteiger charge is 2.18. The number of aromatic nitrogens is 4. The zero-order valence-corrected chi connectivity index (χ0v) is 11.5. The molecule has 0 N–H and O–H groups in total. The Bertz CT molecular complexity index is 552. The SMILES string of the molecule is COC(=O)C(C)n1nnc(-c2ccc(Br)cc2)n1. The van der Waals surface area contributed by atoms with Crippen molar-refractivity contribution in [2.45, 2.75) is 13.0 Å². The largest absolute Gasteiger partial charge is 0.467 e. The molecule has 6 nitrogen and oxygen atoms in total. The molecule has 0 saturated carbocycles. The van der Waals surface area contributed by atoms with E-state index in [1.807, 2.05) is 24.3 Å². The van der Waals surface area contributed by atoms with Crippen LogP contribution in [-0.4, -0.2) is 33.3 Å². The first kappa shape index (κ1) is 12.7. The van der Waals surface area contributed by atoms with E-state index in [2.05, 4.69) is 36.1 Å². The van der Waals surface area contributed by atoms with Crippen LogP contribution in [0, 0.1) is 0 Å². The summed E-state index contributed by atoms with van der Waals surface area (Å²) >= 11 is 3.35. The van der Waals surface area contributed by atoms with Gasteiger partial charge < -0.3 is 4.74 Å². The Hall–Kier alpha value is -1.76. The van der Waals surface area contributed by atoms with Crippen molar-refractivity contribution in [3.63, 3.8) is 0 Å². The second-order valence-electron chi connectivity index (χ2n) is 3.64. The fraction of sp³-hybridized carbons (Fsp3) is 0.273. The minimum Gasteiger partial charge on any atom is -0.467 e. The van der Waals surface area contributed by atoms with E-state index in [0.717, 1.165) is 10.0 Å². The minimum absolute atomic E-state index is 0.408. The van der Waals surface area contributed by atoms with Crippen molar-refractivity contribution in [3.05, 3.63) is 28.7 Å². The number of rotatable bonds is 3. The topological polar surface area (TPSA) is 69.9 Å². The summed E-state index contributed by atoms with van der Waals surface area (Å²) in [5, 5.41) is 11.9. The summed E-state index contributed by atoms with van der Waals surface area (Å²) in [5.41, 5.74) is 0.835. The van der Waals surface area contributed by atoms with Gasteiger partial charge in [-0.3, -0.25) is 0 Å². The minimum atomic E-state index is -0.591. The second-order valence-corrected chi connectivity index (χ2v) is 4.56. The van der Waals surface area contributed by atoms with Crippen molar-refractivity contribution in [3.8, 4) is 11.4 Å². The van der Waals surface area contributed by atoms with Gasteiger partial charge in [0.05, 0.1) is 7.11 Å². The molecule has 2 rings (SSSR count). The average molecular weight is 311 g/mol. The molecule has 0 radical (unpaired) electrons. The van der Waals surface area contributed by atoms with E-state index in [1.54, 1.807) is 6.92 Å². The molecular formula is C11H11BrN4O2. The van der Waals surface area contributed by atoms with Gasteiger partial charge in [-0.2, -0.15) is 0 Å². The summed E-state index contributed by atoms with van der Waals surface area (Å²) in [4.78, 5) is 12.6. The lowest BCUT2D eigenvalue weighted by molar-refractivity contribution is -0.144. The molecule has 7 heteroatoms. The molecule has 2 aromatic rings. The van der Waals surface area contributed by atoms with Gasteiger partial charge in [-0.25, -0.2) is 4.79 Å². The van der Waals surface area contributed by atoms with Crippen molar-refractivity contribution < 1.29 is 9.53 Å². The lowest BCUT2D eigenvalue weighted by atomic mass is 10.2. The van der Waals surface area contributed by atoms with Crippen molar-refractivity contribution in [2.24, 2.45) is 0 Å². The summed E-state index contributed by atoms with van der Waals surface area (Å²) in [6.45, 7) is 1.65. The molecule has 0 bridgehead atoms. The predicted octanol–water partition coefficient (Wildman–Crippen LogP) is 1.84. The van der Waals surface area contributed by atoms with Gasteiger partial charge in [0, 0.05) is 10.0 Å². The Morgan fingerprint density at radius 2 is 2.06 bits per heavy atom. The van der Waals surface area contributed by atoms with E-state index in [1.165, 1.54) is 11.9 Å². The van der Waals surface area contributed by atoms with E-state index in [4.69, 9.17) is 0 Å². The highest BCUT2D eigenvalue weighted by molar-refractivity contribution is 9.10. The van der Waals surface area contributed by atoms with Crippen molar-refractivity contribution in [2.75, 3.05) is 7.11 Å². The van der Waals surface area contributed by atoms with Crippen LogP contribution in [0.2, 0.25) is 0 Å². The number of methoxy groups -OCH3 is 1. The number of halogens is 1. The first-order valence-electron chi connectivity index (χ1n) is 5.25. The monoisotopic (exact) mass is 310 g/mol. The molecule has 18 heavy (non-hydrogen) atoms. The molecule has 0 aliphatic rings. The van der Waals surface area contributed by atoms with E-state index >= 15 is 0 Å². The number of carbonyl (C=O) groups excluding carboxylic acids is 1. The molecule has 0 spiro atoms. The van der Waals surface area contributed by atoms with Crippen LogP contribution in [0.15, 0.2) is 28.7 Å². The number of esters is 1. The van der Waals surface area contributed by atoms with E-state index in [-0.39, 0.29) is 0 Å². The summed E-state index contributed by atoms with van der Waals surface area (Å²) in [6.07, 6.45) is 0. The van der Waals surface area contributed by atoms with Crippen LogP contribution >= 0.6 is 15.9 Å². The number of hydrogen-bond acceptors (Lipinski definition) is 5. The van der Waals surface area contributed by atoms with Crippen LogP contribution in [0.3, 0.4) is 0 Å². The third-order valence-electron chi connectivity index (χ3n) is 2.42. The first-order chi connectivity index (χ1) is 8.61. The van der Waals surface area contributed by atoms with Gasteiger partial charge in [0.1, 0.15) is 0 Å². The molecule has 1 unspecified atom stereocenters. The summed E-state index contributed by atoms with van der Waals surface area (Å²) in [7, 11) is 1.32. The number of hydrogen-bond donors (Lipinski definition) is 0. The van der Waals surface area contributed by atoms with Crippen LogP contribution in [0.25, 0.3) is 11.4 Å². The normalized spacial score (nSPS) is 12.2. The third-order valence-corrected chi connectivity index (χ3v) is 2.95. The molecule has 0 aliphatic heterocycles. The fourth-order valence-electron chi connectivity index (χ4n) is 1.37. The predicted molar refractivity (Wildman–Crippen MR) is 67.7 cm³/mol. The summed E-state index contributed by atoms with van der Waals surface area (Å²) < 4.78 is 5.60. The van der Waals surface area contributed by atoms with Crippen LogP contribution in [-0.2, 0) is 9.53 Å². The first-order valence-corrected chi connectivity index (χ1v) is 6.04. The molecule has 94 valence electrons. The lowest BCUT2D eigenvalue weighted by Crippen LogP contribution is -2.20. The highest BCUT2D eigenvalue weighted by atomic mass is 79.9. The van der Waals surface area contributed by atoms with Gasteiger partial charge in [-0.05, 0) is 36.4 Å². The smallest absolute Gasteiger partial charge is 0.332 e. The number of carbonyl (C=O) groups is 1. The van der Waals surface area contributed by atoms with Gasteiger partial charge in [0.15, 0.2) is 6.04 Å². The van der Waals surface area contributed by atoms with E-state index in [9.17, 15) is 4.79 Å². The molecule has 0 amide bonds. The van der Waals surface area contributed by atoms with Gasteiger partial charge in [-0.1, -0.05) is 15.9 Å². The maximum absolute atomic E-state index is 11.3. The zero-order chi connectivity index (χ0) is 13.1. The Morgan fingerprint density at radius 1 is 1.39 bits per heavy atom. The van der Waals surface area contributed by atoms with Crippen molar-refractivity contribution >= 4 is 21.9 Å². The van der Waals surface area contributed by atoms with Gasteiger partial charge in [-0.15, -0.1) is 15.0 Å². The van der Waals surface area contributed by atoms with Gasteiger partial charge in [0.2, 0.25) is 5.82 Å². The van der Waals surface area contributed by atoms with E-state index in [0.29, 0.717) is 5.82 Å². The molecule has 0 aliphatic carbocycles. The van der Waals surface area contributed by atoms with Gasteiger partial charge >= 0.3 is 5.97 Å². The van der Waals surface area contributed by atoms with Crippen LogP contribution in [0.5, 0.6) is 0 Å². The van der Waals surface area contributed by atoms with Crippen LogP contribution < -0.4 is 0 Å². The van der Waals surface area contributed by atoms with Crippen LogP contribution in [0.1, 0.15) is 13.0 Å². The molecule has 0 saturated heterocycles. The van der Waals surface area contributed by atoms with Crippen molar-refractivity contribution in [1.82, 2.24) is 20.2 Å². The maximum atomic E-state index is 11.3. The highest BCUT2D eigenvalue weighted by Crippen LogP contribution is 2.18. The summed E-state index contributed by atoms with van der Waals surface area (Å²) in [6, 6.07) is 6.92. The standard InChI is InChI=1S/C11H11BrN4O2/c1-7(11(17)18-2)16-14-10(13-15-16)8-3-5-9(12)6-4-8/h3-7H,1-2H3. The molecule has 1 heterocycles. The van der Waals surface area contributed by atoms with Crippen molar-refractivity contribution in [1.29, 1.82) is 0 Å². The second kappa shape index (κ2) is 5.26. The summed E-state index contributed by atoms with van der Waals surface area (Å²) in [5.74, 6) is 0.0630. The zero-order valence-electron chi connectivity index (χ0n) is 9.87. The Morgan fingerprint density at radius 3 is 2.67 bits per heavy atom. The van der Waals surface area contributed by atoms with Gasteiger partial charge in [0.25, 0.3) is 0 Å². The van der Waals surface area contributed by atoms with E-state index < -0.39 is 12.0 Å². The third kappa shape index (κ3) is 2.56. The number of ether oxygens (including phenoxy) is 1. The Balaban J connectivity index is 2.25. The average Bonchev–Trinajstić information content (AvgIpc) is 2.87. The molecule has 1 aromatic carbocycles. The van der Waals surface area contributed by atoms with Crippen LogP contribution in [0.4, 0.5) is 0 Å². The number of tetrazole rings is 1.